The summed E-state index contributed by atoms with van der Waals surface area (Å²) in [6.07, 6.45) is 6.86. The minimum Gasteiger partial charge on any atom is -0.463 e. The van der Waals surface area contributed by atoms with Crippen molar-refractivity contribution in [1.29, 1.82) is 0 Å². The van der Waals surface area contributed by atoms with Gasteiger partial charge in [-0.2, -0.15) is 0 Å². The number of hydrogen-bond donors (Lipinski definition) is 0. The maximum Gasteiger partial charge on any atom is 0.316 e. The molecule has 1 aromatic carbocycles. The summed E-state index contributed by atoms with van der Waals surface area (Å²) in [6, 6.07) is 8.54. The predicted octanol–water partition coefficient (Wildman–Crippen LogP) is 2.96. The Labute approximate surface area is 152 Å². The molecule has 0 unspecified atom stereocenters. The number of carbonyl (C=O) groups is 1. The number of ether oxygens (including phenoxy) is 1. The third-order valence-corrected chi connectivity index (χ3v) is 5.45. The van der Waals surface area contributed by atoms with Crippen LogP contribution < -0.4 is 4.74 Å². The van der Waals surface area contributed by atoms with Crippen molar-refractivity contribution in [3.63, 3.8) is 0 Å². The van der Waals surface area contributed by atoms with Gasteiger partial charge in [0.1, 0.15) is 5.82 Å². The van der Waals surface area contributed by atoms with Gasteiger partial charge in [0, 0.05) is 25.5 Å². The van der Waals surface area contributed by atoms with E-state index in [0.717, 1.165) is 44.3 Å². The van der Waals surface area contributed by atoms with Crippen molar-refractivity contribution in [2.45, 2.75) is 31.1 Å². The molecule has 2 aliphatic rings. The van der Waals surface area contributed by atoms with Crippen LogP contribution in [0.3, 0.4) is 0 Å². The number of piperidine rings is 1. The third-order valence-electron chi connectivity index (χ3n) is 5.45. The average molecular weight is 355 g/mol. The van der Waals surface area contributed by atoms with Crippen LogP contribution in [-0.4, -0.2) is 40.5 Å². The number of amides is 1. The highest BCUT2D eigenvalue weighted by Gasteiger charge is 2.53. The fourth-order valence-electron chi connectivity index (χ4n) is 3.68. The van der Waals surface area contributed by atoms with Crippen LogP contribution in [0.25, 0.3) is 0 Å². The highest BCUT2D eigenvalue weighted by Crippen LogP contribution is 2.50. The second-order valence-electron chi connectivity index (χ2n) is 7.17. The topological polar surface area (TPSA) is 55.3 Å². The standard InChI is InChI=1S/C20H22FN3O2/c21-17-4-2-16(3-5-17)20(8-9-20)18(25)24-12-6-15(7-13-24)14-26-19-22-10-1-11-23-19/h1-5,10-11,15H,6-9,12-14H2. The Morgan fingerprint density at radius 3 is 2.42 bits per heavy atom. The highest BCUT2D eigenvalue weighted by molar-refractivity contribution is 5.91. The van der Waals surface area contributed by atoms with E-state index < -0.39 is 5.41 Å². The largest absolute Gasteiger partial charge is 0.463 e. The van der Waals surface area contributed by atoms with Gasteiger partial charge in [-0.1, -0.05) is 12.1 Å². The molecule has 0 spiro atoms. The number of nitrogens with zero attached hydrogens (tertiary/aromatic N) is 3. The highest BCUT2D eigenvalue weighted by atomic mass is 19.1. The first-order valence-corrected chi connectivity index (χ1v) is 9.13. The molecule has 1 saturated heterocycles. The molecule has 0 N–H and O–H groups in total. The molecule has 1 amide bonds. The van der Waals surface area contributed by atoms with Crippen LogP contribution in [0.15, 0.2) is 42.7 Å². The summed E-state index contributed by atoms with van der Waals surface area (Å²) in [5.74, 6) is 0.332. The molecule has 2 aromatic rings. The SMILES string of the molecule is O=C(N1CCC(COc2ncccn2)CC1)C1(c2ccc(F)cc2)CC1. The minimum atomic E-state index is -0.422. The maximum atomic E-state index is 13.2. The molecule has 1 aromatic heterocycles. The Morgan fingerprint density at radius 2 is 1.81 bits per heavy atom. The lowest BCUT2D eigenvalue weighted by Gasteiger charge is -2.34. The first kappa shape index (κ1) is 16.9. The molecule has 136 valence electrons. The predicted molar refractivity (Wildman–Crippen MR) is 94.1 cm³/mol. The van der Waals surface area contributed by atoms with Gasteiger partial charge in [0.05, 0.1) is 12.0 Å². The number of likely N-dealkylation sites (tertiary alicyclic amines) is 1. The van der Waals surface area contributed by atoms with Crippen LogP contribution in [0.5, 0.6) is 6.01 Å². The van der Waals surface area contributed by atoms with Crippen molar-refractivity contribution >= 4 is 5.91 Å². The number of benzene rings is 1. The van der Waals surface area contributed by atoms with E-state index in [-0.39, 0.29) is 11.7 Å². The van der Waals surface area contributed by atoms with Crippen molar-refractivity contribution in [1.82, 2.24) is 14.9 Å². The lowest BCUT2D eigenvalue weighted by atomic mass is 9.91. The van der Waals surface area contributed by atoms with E-state index in [1.165, 1.54) is 12.1 Å². The Hall–Kier alpha value is -2.50. The van der Waals surface area contributed by atoms with Crippen molar-refractivity contribution in [2.24, 2.45) is 5.92 Å². The van der Waals surface area contributed by atoms with Crippen LogP contribution in [0, 0.1) is 11.7 Å². The van der Waals surface area contributed by atoms with Crippen molar-refractivity contribution in [3.8, 4) is 6.01 Å². The van der Waals surface area contributed by atoms with E-state index in [1.54, 1.807) is 30.6 Å². The average Bonchev–Trinajstić information content (AvgIpc) is 3.49. The van der Waals surface area contributed by atoms with Crippen LogP contribution in [0.4, 0.5) is 4.39 Å². The maximum absolute atomic E-state index is 13.2. The molecule has 6 heteroatoms. The Kier molecular flexibility index (Phi) is 4.57. The number of aromatic nitrogens is 2. The van der Waals surface area contributed by atoms with Gasteiger partial charge in [0.25, 0.3) is 0 Å². The van der Waals surface area contributed by atoms with Crippen molar-refractivity contribution in [2.75, 3.05) is 19.7 Å². The molecule has 1 aliphatic heterocycles. The number of hydrogen-bond acceptors (Lipinski definition) is 4. The Bertz CT molecular complexity index is 754. The quantitative estimate of drug-likeness (QED) is 0.827. The number of carbonyl (C=O) groups excluding carboxylic acids is 1. The van der Waals surface area contributed by atoms with Crippen LogP contribution >= 0.6 is 0 Å². The fraction of sp³-hybridized carbons (Fsp3) is 0.450. The smallest absolute Gasteiger partial charge is 0.316 e. The van der Waals surface area contributed by atoms with Crippen molar-refractivity contribution < 1.29 is 13.9 Å². The van der Waals surface area contributed by atoms with E-state index in [2.05, 4.69) is 9.97 Å². The lowest BCUT2D eigenvalue weighted by Crippen LogP contribution is -2.44. The van der Waals surface area contributed by atoms with E-state index in [4.69, 9.17) is 4.74 Å². The molecule has 1 aliphatic carbocycles. The molecule has 0 bridgehead atoms. The van der Waals surface area contributed by atoms with Gasteiger partial charge in [-0.3, -0.25) is 4.79 Å². The molecular formula is C20H22FN3O2. The second-order valence-corrected chi connectivity index (χ2v) is 7.17. The molecule has 1 saturated carbocycles. The molecule has 5 nitrogen and oxygen atoms in total. The summed E-state index contributed by atoms with van der Waals surface area (Å²) in [6.45, 7) is 2.06. The first-order valence-electron chi connectivity index (χ1n) is 9.13. The van der Waals surface area contributed by atoms with Crippen LogP contribution in [0.1, 0.15) is 31.2 Å². The molecule has 2 fully saturated rings. The van der Waals surface area contributed by atoms with Gasteiger partial charge in [0.2, 0.25) is 5.91 Å². The van der Waals surface area contributed by atoms with Gasteiger partial charge in [-0.15, -0.1) is 0 Å². The van der Waals surface area contributed by atoms with Crippen LogP contribution in [-0.2, 0) is 10.2 Å². The van der Waals surface area contributed by atoms with E-state index in [0.29, 0.717) is 18.5 Å². The molecular weight excluding hydrogens is 333 g/mol. The Balaban J connectivity index is 1.32. The van der Waals surface area contributed by atoms with Gasteiger partial charge in [-0.05, 0) is 55.4 Å². The minimum absolute atomic E-state index is 0.190. The number of rotatable bonds is 5. The van der Waals surface area contributed by atoms with E-state index in [9.17, 15) is 9.18 Å². The van der Waals surface area contributed by atoms with Gasteiger partial charge in [-0.25, -0.2) is 14.4 Å². The monoisotopic (exact) mass is 355 g/mol. The van der Waals surface area contributed by atoms with Crippen molar-refractivity contribution in [3.05, 3.63) is 54.1 Å². The van der Waals surface area contributed by atoms with E-state index in [1.807, 2.05) is 4.90 Å². The summed E-state index contributed by atoms with van der Waals surface area (Å²) < 4.78 is 18.8. The van der Waals surface area contributed by atoms with Crippen LogP contribution in [0.2, 0.25) is 0 Å². The second kappa shape index (κ2) is 7.02. The summed E-state index contributed by atoms with van der Waals surface area (Å²) in [5.41, 5.74) is 0.519. The summed E-state index contributed by atoms with van der Waals surface area (Å²) in [4.78, 5) is 23.1. The summed E-state index contributed by atoms with van der Waals surface area (Å²) in [5, 5.41) is 0. The first-order chi connectivity index (χ1) is 12.7. The number of halogens is 1. The zero-order valence-electron chi connectivity index (χ0n) is 14.6. The molecule has 0 radical (unpaired) electrons. The molecule has 0 atom stereocenters. The molecule has 26 heavy (non-hydrogen) atoms. The molecule has 4 rings (SSSR count). The summed E-state index contributed by atoms with van der Waals surface area (Å²) in [7, 11) is 0. The Morgan fingerprint density at radius 1 is 1.15 bits per heavy atom. The normalized spacial score (nSPS) is 19.2. The fourth-order valence-corrected chi connectivity index (χ4v) is 3.68. The van der Waals surface area contributed by atoms with Gasteiger partial charge >= 0.3 is 6.01 Å². The lowest BCUT2D eigenvalue weighted by molar-refractivity contribution is -0.135. The summed E-state index contributed by atoms with van der Waals surface area (Å²) >= 11 is 0. The van der Waals surface area contributed by atoms with Gasteiger partial charge in [0.15, 0.2) is 0 Å². The zero-order valence-corrected chi connectivity index (χ0v) is 14.6. The third kappa shape index (κ3) is 3.41. The van der Waals surface area contributed by atoms with Gasteiger partial charge < -0.3 is 9.64 Å². The molecule has 2 heterocycles. The zero-order chi connectivity index (χ0) is 18.0. The van der Waals surface area contributed by atoms with E-state index >= 15 is 0 Å².